The summed E-state index contributed by atoms with van der Waals surface area (Å²) in [6.07, 6.45) is -2.30. The molecule has 1 aliphatic rings. The third-order valence-corrected chi connectivity index (χ3v) is 2.69. The molecule has 1 aliphatic heterocycles. The molecule has 1 aromatic rings. The van der Waals surface area contributed by atoms with Crippen LogP contribution in [-0.2, 0) is 4.74 Å². The van der Waals surface area contributed by atoms with Crippen LogP contribution in [0.1, 0.15) is 6.23 Å². The second-order valence-electron chi connectivity index (χ2n) is 3.78. The van der Waals surface area contributed by atoms with E-state index in [1.54, 1.807) is 0 Å². The predicted molar refractivity (Wildman–Crippen MR) is 57.5 cm³/mol. The number of aliphatic hydroxyl groups excluding tert-OH is 2. The number of nitrogens with zero attached hydrogens (tertiary/aromatic N) is 1. The lowest BCUT2D eigenvalue weighted by atomic mass is 10.1. The van der Waals surface area contributed by atoms with Crippen molar-refractivity contribution in [3.05, 3.63) is 45.0 Å². The maximum atomic E-state index is 12.7. The highest BCUT2D eigenvalue weighted by atomic mass is 19.1. The van der Waals surface area contributed by atoms with Gasteiger partial charge in [0.2, 0.25) is 0 Å². The number of aromatic nitrogens is 2. The highest BCUT2D eigenvalue weighted by Gasteiger charge is 2.40. The molecule has 0 aliphatic carbocycles. The molecule has 0 saturated carbocycles. The number of halogens is 1. The molecule has 1 unspecified atom stereocenters. The largest absolute Gasteiger partial charge is 0.394 e. The minimum absolute atomic E-state index is 0.128. The summed E-state index contributed by atoms with van der Waals surface area (Å²) in [7, 11) is 0. The molecule has 3 N–H and O–H groups in total. The van der Waals surface area contributed by atoms with Crippen molar-refractivity contribution in [3.8, 4) is 0 Å². The molecule has 98 valence electrons. The van der Waals surface area contributed by atoms with Crippen LogP contribution in [0.15, 0.2) is 33.8 Å². The van der Waals surface area contributed by atoms with Crippen LogP contribution in [0.3, 0.4) is 0 Å². The summed E-state index contributed by atoms with van der Waals surface area (Å²) in [5.41, 5.74) is -1.58. The Kier molecular flexibility index (Phi) is 3.41. The van der Waals surface area contributed by atoms with Gasteiger partial charge in [-0.3, -0.25) is 14.3 Å². The summed E-state index contributed by atoms with van der Waals surface area (Å²) in [5, 5.41) is 18.6. The van der Waals surface area contributed by atoms with Crippen molar-refractivity contribution in [2.45, 2.75) is 18.4 Å². The number of hydrogen-bond acceptors (Lipinski definition) is 5. The predicted octanol–water partition coefficient (Wildman–Crippen LogP) is -1.36. The van der Waals surface area contributed by atoms with E-state index in [1.165, 1.54) is 0 Å². The van der Waals surface area contributed by atoms with Gasteiger partial charge < -0.3 is 14.9 Å². The fraction of sp³-hybridized carbons (Fsp3) is 0.400. The van der Waals surface area contributed by atoms with Gasteiger partial charge in [-0.25, -0.2) is 9.18 Å². The zero-order valence-electron chi connectivity index (χ0n) is 9.12. The average molecular weight is 258 g/mol. The van der Waals surface area contributed by atoms with Crippen LogP contribution in [0.4, 0.5) is 4.39 Å². The van der Waals surface area contributed by atoms with Crippen LogP contribution in [0.25, 0.3) is 0 Å². The van der Waals surface area contributed by atoms with Crippen molar-refractivity contribution in [1.82, 2.24) is 9.55 Å². The van der Waals surface area contributed by atoms with Crippen LogP contribution in [0.2, 0.25) is 0 Å². The van der Waals surface area contributed by atoms with E-state index in [0.29, 0.717) is 0 Å². The smallest absolute Gasteiger partial charge is 0.330 e. The highest BCUT2D eigenvalue weighted by Crippen LogP contribution is 2.33. The molecule has 1 saturated heterocycles. The SMILES string of the molecule is O=c1ccn([C@H]2O[C@@H](CO)C(O)/C2=C\F)c(=O)[nH]1. The van der Waals surface area contributed by atoms with Gasteiger partial charge >= 0.3 is 5.69 Å². The summed E-state index contributed by atoms with van der Waals surface area (Å²) in [6.45, 7) is -0.521. The Morgan fingerprint density at radius 1 is 1.56 bits per heavy atom. The number of ether oxygens (including phenoxy) is 1. The van der Waals surface area contributed by atoms with Crippen LogP contribution in [0.5, 0.6) is 0 Å². The van der Waals surface area contributed by atoms with Gasteiger partial charge in [0, 0.05) is 17.8 Å². The number of nitrogens with one attached hydrogen (secondary N) is 1. The summed E-state index contributed by atoms with van der Waals surface area (Å²) >= 11 is 0. The molecule has 8 heteroatoms. The van der Waals surface area contributed by atoms with Crippen molar-refractivity contribution in [2.75, 3.05) is 6.61 Å². The Bertz CT molecular complexity index is 578. The molecule has 7 nitrogen and oxygen atoms in total. The molecule has 18 heavy (non-hydrogen) atoms. The highest BCUT2D eigenvalue weighted by molar-refractivity contribution is 5.16. The standard InChI is InChI=1S/C10H11FN2O5/c11-3-5-8(16)6(4-14)18-9(5)13-2-1-7(15)12-10(13)17/h1-3,6,8-9,14,16H,4H2,(H,12,15,17)/b5-3+/t6-,8?,9-/m0/s1. The van der Waals surface area contributed by atoms with E-state index in [-0.39, 0.29) is 11.9 Å². The first-order valence-electron chi connectivity index (χ1n) is 5.14. The first-order chi connectivity index (χ1) is 8.58. The van der Waals surface area contributed by atoms with Crippen molar-refractivity contribution in [2.24, 2.45) is 0 Å². The van der Waals surface area contributed by atoms with E-state index >= 15 is 0 Å². The second kappa shape index (κ2) is 4.84. The van der Waals surface area contributed by atoms with E-state index in [9.17, 15) is 19.1 Å². The van der Waals surface area contributed by atoms with Gasteiger partial charge in [0.15, 0.2) is 6.23 Å². The van der Waals surface area contributed by atoms with Gasteiger partial charge in [-0.15, -0.1) is 0 Å². The Hall–Kier alpha value is -1.77. The monoisotopic (exact) mass is 258 g/mol. The fourth-order valence-corrected chi connectivity index (χ4v) is 1.78. The van der Waals surface area contributed by atoms with Gasteiger partial charge in [-0.1, -0.05) is 0 Å². The van der Waals surface area contributed by atoms with Gasteiger partial charge in [0.1, 0.15) is 12.2 Å². The zero-order valence-corrected chi connectivity index (χ0v) is 9.12. The molecule has 2 heterocycles. The average Bonchev–Trinajstić information content (AvgIpc) is 2.65. The van der Waals surface area contributed by atoms with E-state index < -0.39 is 36.3 Å². The quantitative estimate of drug-likeness (QED) is 0.607. The van der Waals surface area contributed by atoms with Gasteiger partial charge in [0.05, 0.1) is 12.9 Å². The molecular weight excluding hydrogens is 247 g/mol. The second-order valence-corrected chi connectivity index (χ2v) is 3.78. The van der Waals surface area contributed by atoms with Crippen LogP contribution >= 0.6 is 0 Å². The summed E-state index contributed by atoms with van der Waals surface area (Å²) in [4.78, 5) is 24.4. The Labute approximate surface area is 99.8 Å². The van der Waals surface area contributed by atoms with Crippen LogP contribution in [-0.4, -0.2) is 38.6 Å². The van der Waals surface area contributed by atoms with Crippen molar-refractivity contribution >= 4 is 0 Å². The number of rotatable bonds is 2. The van der Waals surface area contributed by atoms with Crippen molar-refractivity contribution in [3.63, 3.8) is 0 Å². The summed E-state index contributed by atoms with van der Waals surface area (Å²) in [5.74, 6) is 0. The molecule has 0 radical (unpaired) electrons. The van der Waals surface area contributed by atoms with E-state index in [0.717, 1.165) is 16.8 Å². The van der Waals surface area contributed by atoms with Gasteiger partial charge in [-0.2, -0.15) is 0 Å². The van der Waals surface area contributed by atoms with Crippen LogP contribution < -0.4 is 11.2 Å². The third-order valence-electron chi connectivity index (χ3n) is 2.69. The molecule has 0 spiro atoms. The zero-order chi connectivity index (χ0) is 13.3. The Morgan fingerprint density at radius 2 is 2.28 bits per heavy atom. The molecule has 0 aromatic carbocycles. The number of hydrogen-bond donors (Lipinski definition) is 3. The van der Waals surface area contributed by atoms with Crippen LogP contribution in [0, 0.1) is 0 Å². The first kappa shape index (κ1) is 12.7. The Balaban J connectivity index is 2.45. The molecule has 2 rings (SSSR count). The first-order valence-corrected chi connectivity index (χ1v) is 5.14. The Morgan fingerprint density at radius 3 is 2.83 bits per heavy atom. The minimum atomic E-state index is -1.34. The lowest BCUT2D eigenvalue weighted by Gasteiger charge is -2.14. The minimum Gasteiger partial charge on any atom is -0.394 e. The molecule has 1 aromatic heterocycles. The van der Waals surface area contributed by atoms with Crippen molar-refractivity contribution < 1.29 is 19.3 Å². The number of aliphatic hydroxyl groups is 2. The van der Waals surface area contributed by atoms with Gasteiger partial charge in [0.25, 0.3) is 5.56 Å². The summed E-state index contributed by atoms with van der Waals surface area (Å²) < 4.78 is 18.8. The summed E-state index contributed by atoms with van der Waals surface area (Å²) in [6, 6.07) is 1.07. The molecule has 0 bridgehead atoms. The van der Waals surface area contributed by atoms with E-state index in [4.69, 9.17) is 9.84 Å². The fourth-order valence-electron chi connectivity index (χ4n) is 1.78. The normalized spacial score (nSPS) is 29.9. The number of aromatic amines is 1. The van der Waals surface area contributed by atoms with E-state index in [2.05, 4.69) is 0 Å². The molecule has 0 amide bonds. The lowest BCUT2D eigenvalue weighted by Crippen LogP contribution is -2.32. The topological polar surface area (TPSA) is 105 Å². The number of H-pyrrole nitrogens is 1. The third kappa shape index (κ3) is 2.01. The molecule has 1 fully saturated rings. The van der Waals surface area contributed by atoms with Crippen molar-refractivity contribution in [1.29, 1.82) is 0 Å². The lowest BCUT2D eigenvalue weighted by molar-refractivity contribution is -0.0448. The van der Waals surface area contributed by atoms with Gasteiger partial charge in [-0.05, 0) is 0 Å². The maximum Gasteiger partial charge on any atom is 0.330 e. The molecular formula is C10H11FN2O5. The maximum absolute atomic E-state index is 12.7. The van der Waals surface area contributed by atoms with E-state index in [1.807, 2.05) is 4.98 Å². The molecule has 3 atom stereocenters.